The normalized spacial score (nSPS) is 15.1. The van der Waals surface area contributed by atoms with E-state index in [0.717, 1.165) is 31.2 Å². The Hall–Kier alpha value is -0.870. The van der Waals surface area contributed by atoms with Crippen LogP contribution >= 0.6 is 11.3 Å². The molecule has 0 bridgehead atoms. The lowest BCUT2D eigenvalue weighted by Gasteiger charge is -2.26. The van der Waals surface area contributed by atoms with E-state index < -0.39 is 0 Å². The molecule has 0 saturated carbocycles. The first kappa shape index (κ1) is 14.5. The van der Waals surface area contributed by atoms with Gasteiger partial charge in [0, 0.05) is 22.3 Å². The number of fused-ring (bicyclic) bond motifs is 1. The molecular weight excluding hydrogens is 256 g/mol. The number of aryl methyl sites for hydroxylation is 1. The van der Waals surface area contributed by atoms with Crippen LogP contribution in [0.5, 0.6) is 0 Å². The summed E-state index contributed by atoms with van der Waals surface area (Å²) >= 11 is 1.73. The molecule has 1 heterocycles. The van der Waals surface area contributed by atoms with Crippen molar-refractivity contribution in [1.82, 2.24) is 5.32 Å². The first-order valence-corrected chi connectivity index (χ1v) is 8.14. The minimum Gasteiger partial charge on any atom is -0.350 e. The Balaban J connectivity index is 2.02. The second kappa shape index (κ2) is 6.06. The summed E-state index contributed by atoms with van der Waals surface area (Å²) in [5, 5.41) is 5.04. The Morgan fingerprint density at radius 1 is 1.37 bits per heavy atom. The molecule has 3 N–H and O–H groups in total. The lowest BCUT2D eigenvalue weighted by Crippen LogP contribution is -2.49. The minimum atomic E-state index is -0.272. The van der Waals surface area contributed by atoms with Crippen molar-refractivity contribution in [3.05, 3.63) is 21.4 Å². The van der Waals surface area contributed by atoms with Crippen LogP contribution in [0.2, 0.25) is 0 Å². The zero-order chi connectivity index (χ0) is 13.9. The van der Waals surface area contributed by atoms with Gasteiger partial charge in [0.25, 0.3) is 5.91 Å². The SMILES string of the molecule is CCC(N)(CC)CNC(=O)c1csc2c1CCCC2. The van der Waals surface area contributed by atoms with E-state index >= 15 is 0 Å². The van der Waals surface area contributed by atoms with Crippen LogP contribution in [0.15, 0.2) is 5.38 Å². The van der Waals surface area contributed by atoms with Gasteiger partial charge >= 0.3 is 0 Å². The molecule has 3 nitrogen and oxygen atoms in total. The van der Waals surface area contributed by atoms with E-state index in [1.54, 1.807) is 11.3 Å². The van der Waals surface area contributed by atoms with Crippen LogP contribution < -0.4 is 11.1 Å². The van der Waals surface area contributed by atoms with Gasteiger partial charge in [0.1, 0.15) is 0 Å². The van der Waals surface area contributed by atoms with Crippen LogP contribution in [-0.2, 0) is 12.8 Å². The molecule has 0 fully saturated rings. The predicted octanol–water partition coefficient (Wildman–Crippen LogP) is 2.87. The molecule has 0 spiro atoms. The van der Waals surface area contributed by atoms with Gasteiger partial charge in [-0.3, -0.25) is 4.79 Å². The zero-order valence-corrected chi connectivity index (χ0v) is 12.7. The number of hydrogen-bond acceptors (Lipinski definition) is 3. The van der Waals surface area contributed by atoms with E-state index in [1.807, 2.05) is 5.38 Å². The van der Waals surface area contributed by atoms with E-state index in [9.17, 15) is 4.79 Å². The van der Waals surface area contributed by atoms with Gasteiger partial charge in [-0.1, -0.05) is 13.8 Å². The summed E-state index contributed by atoms with van der Waals surface area (Å²) in [5.74, 6) is 0.0520. The van der Waals surface area contributed by atoms with Gasteiger partial charge in [0.05, 0.1) is 5.56 Å². The molecule has 1 aliphatic rings. The quantitative estimate of drug-likeness (QED) is 0.871. The topological polar surface area (TPSA) is 55.1 Å². The van der Waals surface area contributed by atoms with Crippen molar-refractivity contribution in [3.63, 3.8) is 0 Å². The van der Waals surface area contributed by atoms with Crippen LogP contribution in [0, 0.1) is 0 Å². The maximum absolute atomic E-state index is 12.3. The van der Waals surface area contributed by atoms with Gasteiger partial charge in [-0.25, -0.2) is 0 Å². The third kappa shape index (κ3) is 3.18. The van der Waals surface area contributed by atoms with Crippen LogP contribution in [0.4, 0.5) is 0 Å². The molecule has 0 atom stereocenters. The maximum atomic E-state index is 12.3. The predicted molar refractivity (Wildman–Crippen MR) is 80.8 cm³/mol. The van der Waals surface area contributed by atoms with E-state index in [1.165, 1.54) is 23.3 Å². The van der Waals surface area contributed by atoms with Gasteiger partial charge in [-0.2, -0.15) is 0 Å². The monoisotopic (exact) mass is 280 g/mol. The molecule has 4 heteroatoms. The highest BCUT2D eigenvalue weighted by molar-refractivity contribution is 7.10. The zero-order valence-electron chi connectivity index (χ0n) is 11.9. The number of carbonyl (C=O) groups is 1. The molecule has 0 unspecified atom stereocenters. The Labute approximate surface area is 119 Å². The van der Waals surface area contributed by atoms with Gasteiger partial charge in [0.2, 0.25) is 0 Å². The molecule has 2 rings (SSSR count). The summed E-state index contributed by atoms with van der Waals surface area (Å²) in [7, 11) is 0. The number of rotatable bonds is 5. The summed E-state index contributed by atoms with van der Waals surface area (Å²) in [5.41, 5.74) is 8.12. The third-order valence-corrected chi connectivity index (χ3v) is 5.40. The fraction of sp³-hybridized carbons (Fsp3) is 0.667. The summed E-state index contributed by atoms with van der Waals surface area (Å²) in [6, 6.07) is 0. The highest BCUT2D eigenvalue weighted by atomic mass is 32.1. The summed E-state index contributed by atoms with van der Waals surface area (Å²) in [6.45, 7) is 4.70. The van der Waals surface area contributed by atoms with Crippen molar-refractivity contribution >= 4 is 17.2 Å². The van der Waals surface area contributed by atoms with Crippen molar-refractivity contribution in [2.45, 2.75) is 57.9 Å². The lowest BCUT2D eigenvalue weighted by atomic mass is 9.93. The van der Waals surface area contributed by atoms with Crippen molar-refractivity contribution in [1.29, 1.82) is 0 Å². The molecule has 0 aliphatic heterocycles. The molecule has 0 radical (unpaired) electrons. The summed E-state index contributed by atoms with van der Waals surface area (Å²) in [6.07, 6.45) is 6.41. The van der Waals surface area contributed by atoms with Crippen molar-refractivity contribution in [2.75, 3.05) is 6.54 Å². The summed E-state index contributed by atoms with van der Waals surface area (Å²) in [4.78, 5) is 13.7. The Kier molecular flexibility index (Phi) is 4.63. The van der Waals surface area contributed by atoms with Crippen molar-refractivity contribution in [2.24, 2.45) is 5.73 Å². The van der Waals surface area contributed by atoms with E-state index in [-0.39, 0.29) is 11.4 Å². The standard InChI is InChI=1S/C15H24N2OS/c1-3-15(16,4-2)10-17-14(18)12-9-19-13-8-6-5-7-11(12)13/h9H,3-8,10,16H2,1-2H3,(H,17,18). The molecule has 106 valence electrons. The van der Waals surface area contributed by atoms with Gasteiger partial charge < -0.3 is 11.1 Å². The van der Waals surface area contributed by atoms with E-state index in [2.05, 4.69) is 19.2 Å². The van der Waals surface area contributed by atoms with Crippen LogP contribution in [0.3, 0.4) is 0 Å². The van der Waals surface area contributed by atoms with E-state index in [4.69, 9.17) is 5.73 Å². The Morgan fingerprint density at radius 3 is 2.74 bits per heavy atom. The first-order chi connectivity index (χ1) is 9.09. The highest BCUT2D eigenvalue weighted by Gasteiger charge is 2.24. The average Bonchev–Trinajstić information content (AvgIpc) is 2.88. The number of nitrogens with two attached hydrogens (primary N) is 1. The number of thiophene rings is 1. The van der Waals surface area contributed by atoms with E-state index in [0.29, 0.717) is 6.54 Å². The smallest absolute Gasteiger partial charge is 0.252 e. The molecular formula is C15H24N2OS. The Bertz CT molecular complexity index is 449. The fourth-order valence-corrected chi connectivity index (χ4v) is 3.66. The van der Waals surface area contributed by atoms with Gasteiger partial charge in [-0.15, -0.1) is 11.3 Å². The second-order valence-electron chi connectivity index (χ2n) is 5.51. The first-order valence-electron chi connectivity index (χ1n) is 7.26. The number of nitrogens with one attached hydrogen (secondary N) is 1. The molecule has 1 aromatic heterocycles. The molecule has 19 heavy (non-hydrogen) atoms. The van der Waals surface area contributed by atoms with Crippen molar-refractivity contribution < 1.29 is 4.79 Å². The molecule has 0 saturated heterocycles. The molecule has 1 aromatic rings. The number of hydrogen-bond donors (Lipinski definition) is 2. The molecule has 0 aromatic carbocycles. The lowest BCUT2D eigenvalue weighted by molar-refractivity contribution is 0.0941. The highest BCUT2D eigenvalue weighted by Crippen LogP contribution is 2.30. The molecule has 1 amide bonds. The van der Waals surface area contributed by atoms with Crippen LogP contribution in [-0.4, -0.2) is 18.0 Å². The minimum absolute atomic E-state index is 0.0520. The molecule has 1 aliphatic carbocycles. The van der Waals surface area contributed by atoms with Gasteiger partial charge in [0.15, 0.2) is 0 Å². The van der Waals surface area contributed by atoms with Crippen LogP contribution in [0.25, 0.3) is 0 Å². The largest absolute Gasteiger partial charge is 0.350 e. The second-order valence-corrected chi connectivity index (χ2v) is 6.47. The maximum Gasteiger partial charge on any atom is 0.252 e. The summed E-state index contributed by atoms with van der Waals surface area (Å²) < 4.78 is 0. The van der Waals surface area contributed by atoms with Gasteiger partial charge in [-0.05, 0) is 44.1 Å². The van der Waals surface area contributed by atoms with Crippen molar-refractivity contribution in [3.8, 4) is 0 Å². The van der Waals surface area contributed by atoms with Crippen LogP contribution in [0.1, 0.15) is 60.3 Å². The number of carbonyl (C=O) groups excluding carboxylic acids is 1. The third-order valence-electron chi connectivity index (χ3n) is 4.32. The fourth-order valence-electron chi connectivity index (χ4n) is 2.54. The average molecular weight is 280 g/mol. The number of amides is 1. The Morgan fingerprint density at radius 2 is 2.05 bits per heavy atom.